The number of amides is 2. The molecule has 4 aromatic rings. The zero-order valence-corrected chi connectivity index (χ0v) is 26.4. The van der Waals surface area contributed by atoms with Crippen molar-refractivity contribution in [1.29, 1.82) is 0 Å². The van der Waals surface area contributed by atoms with Crippen molar-refractivity contribution in [2.45, 2.75) is 51.7 Å². The number of hydrogen-bond donors (Lipinski definition) is 1. The van der Waals surface area contributed by atoms with Gasteiger partial charge in [-0.05, 0) is 57.9 Å². The fourth-order valence-electron chi connectivity index (χ4n) is 5.72. The Bertz CT molecular complexity index is 1630. The minimum atomic E-state index is -0.491. The van der Waals surface area contributed by atoms with Crippen LogP contribution >= 0.6 is 0 Å². The predicted octanol–water partition coefficient (Wildman–Crippen LogP) is 2.96. The SMILES string of the molecule is Cn1cc(-c2ccc(-n3nnc4cnc(N[C@@H]5CCN(C(=O)CCCN6CCN(C(=O)OC(C)(C)C)CC6)C5)nc43)cc2)cn1. The van der Waals surface area contributed by atoms with Crippen molar-refractivity contribution in [2.75, 3.05) is 51.1 Å². The molecule has 2 amide bonds. The smallest absolute Gasteiger partial charge is 0.410 e. The number of ether oxygens (including phenoxy) is 1. The molecule has 14 nitrogen and oxygen atoms in total. The molecule has 0 spiro atoms. The molecule has 0 bridgehead atoms. The third kappa shape index (κ3) is 7.39. The van der Waals surface area contributed by atoms with Crippen LogP contribution in [-0.2, 0) is 16.6 Å². The van der Waals surface area contributed by atoms with E-state index in [2.05, 4.69) is 30.6 Å². The third-order valence-corrected chi connectivity index (χ3v) is 8.11. The number of likely N-dealkylation sites (tertiary alicyclic amines) is 1. The number of aryl methyl sites for hydroxylation is 1. The molecule has 45 heavy (non-hydrogen) atoms. The maximum atomic E-state index is 13.0. The standard InChI is InChI=1S/C31H41N11O3/c1-31(2,3)45-30(44)40-16-14-39(15-17-40)12-5-6-27(43)41-13-11-24(21-41)34-29-32-19-26-28(35-29)42(37-36-26)25-9-7-22(8-10-25)23-18-33-38(4)20-23/h7-10,18-20,24H,5-6,11-17,21H2,1-4H3,(H,32,34,35)/t24-/m1/s1. The van der Waals surface area contributed by atoms with Gasteiger partial charge in [0.05, 0.1) is 18.1 Å². The highest BCUT2D eigenvalue weighted by molar-refractivity contribution is 5.77. The summed E-state index contributed by atoms with van der Waals surface area (Å²) in [7, 11) is 1.90. The number of anilines is 1. The summed E-state index contributed by atoms with van der Waals surface area (Å²) in [5.41, 5.74) is 3.67. The Kier molecular flexibility index (Phi) is 8.65. The molecule has 2 aliphatic rings. The van der Waals surface area contributed by atoms with Crippen molar-refractivity contribution in [2.24, 2.45) is 7.05 Å². The third-order valence-electron chi connectivity index (χ3n) is 8.11. The summed E-state index contributed by atoms with van der Waals surface area (Å²) in [6, 6.07) is 8.08. The molecule has 1 aromatic carbocycles. The summed E-state index contributed by atoms with van der Waals surface area (Å²) in [6.45, 7) is 10.7. The van der Waals surface area contributed by atoms with E-state index < -0.39 is 5.60 Å². The van der Waals surface area contributed by atoms with Crippen molar-refractivity contribution >= 4 is 29.1 Å². The summed E-state index contributed by atoms with van der Waals surface area (Å²) in [6.07, 6.45) is 7.35. The highest BCUT2D eigenvalue weighted by atomic mass is 16.6. The lowest BCUT2D eigenvalue weighted by Gasteiger charge is -2.35. The van der Waals surface area contributed by atoms with Crippen LogP contribution < -0.4 is 5.32 Å². The van der Waals surface area contributed by atoms with E-state index in [1.54, 1.807) is 20.5 Å². The molecule has 0 aliphatic carbocycles. The summed E-state index contributed by atoms with van der Waals surface area (Å²) >= 11 is 0. The molecule has 2 saturated heterocycles. The van der Waals surface area contributed by atoms with Gasteiger partial charge in [-0.1, -0.05) is 17.3 Å². The van der Waals surface area contributed by atoms with Crippen LogP contribution in [0.15, 0.2) is 42.9 Å². The Morgan fingerprint density at radius 3 is 2.49 bits per heavy atom. The van der Waals surface area contributed by atoms with Gasteiger partial charge in [-0.2, -0.15) is 14.8 Å². The Balaban J connectivity index is 0.972. The number of carbonyl (C=O) groups excluding carboxylic acids is 2. The largest absolute Gasteiger partial charge is 0.444 e. The molecule has 2 fully saturated rings. The predicted molar refractivity (Wildman–Crippen MR) is 169 cm³/mol. The van der Waals surface area contributed by atoms with Crippen LogP contribution in [0.5, 0.6) is 0 Å². The van der Waals surface area contributed by atoms with Gasteiger partial charge in [0.25, 0.3) is 0 Å². The first kappa shape index (κ1) is 30.4. The number of aromatic nitrogens is 7. The Morgan fingerprint density at radius 2 is 1.78 bits per heavy atom. The van der Waals surface area contributed by atoms with Gasteiger partial charge < -0.3 is 19.9 Å². The van der Waals surface area contributed by atoms with Crippen molar-refractivity contribution < 1.29 is 14.3 Å². The highest BCUT2D eigenvalue weighted by Gasteiger charge is 2.28. The van der Waals surface area contributed by atoms with Crippen LogP contribution in [0.25, 0.3) is 28.0 Å². The van der Waals surface area contributed by atoms with Gasteiger partial charge in [0.1, 0.15) is 5.60 Å². The monoisotopic (exact) mass is 615 g/mol. The van der Waals surface area contributed by atoms with E-state index >= 15 is 0 Å². The first-order chi connectivity index (χ1) is 21.6. The molecular weight excluding hydrogens is 574 g/mol. The number of piperazine rings is 1. The molecule has 6 rings (SSSR count). The van der Waals surface area contributed by atoms with Crippen molar-refractivity contribution in [1.82, 2.24) is 49.4 Å². The van der Waals surface area contributed by atoms with Gasteiger partial charge in [-0.25, -0.2) is 9.78 Å². The molecule has 2 aliphatic heterocycles. The lowest BCUT2D eigenvalue weighted by molar-refractivity contribution is -0.130. The zero-order chi connectivity index (χ0) is 31.6. The first-order valence-corrected chi connectivity index (χ1v) is 15.5. The summed E-state index contributed by atoms with van der Waals surface area (Å²) < 4.78 is 8.96. The number of hydrogen-bond acceptors (Lipinski definition) is 10. The van der Waals surface area contributed by atoms with Crippen LogP contribution in [0.1, 0.15) is 40.0 Å². The van der Waals surface area contributed by atoms with Crippen LogP contribution in [0.2, 0.25) is 0 Å². The van der Waals surface area contributed by atoms with Crippen LogP contribution in [0, 0.1) is 0 Å². The molecule has 14 heteroatoms. The second-order valence-electron chi connectivity index (χ2n) is 12.7. The minimum Gasteiger partial charge on any atom is -0.444 e. The van der Waals surface area contributed by atoms with E-state index in [9.17, 15) is 9.59 Å². The lowest BCUT2D eigenvalue weighted by Crippen LogP contribution is -2.50. The van der Waals surface area contributed by atoms with E-state index in [0.717, 1.165) is 49.3 Å². The second kappa shape index (κ2) is 12.8. The molecule has 5 heterocycles. The Morgan fingerprint density at radius 1 is 1.00 bits per heavy atom. The number of fused-ring (bicyclic) bond motifs is 1. The van der Waals surface area contributed by atoms with Crippen LogP contribution in [0.4, 0.5) is 10.7 Å². The Hall–Kier alpha value is -4.59. The number of carbonyl (C=O) groups is 2. The fourth-order valence-corrected chi connectivity index (χ4v) is 5.72. The summed E-state index contributed by atoms with van der Waals surface area (Å²) in [5.74, 6) is 0.655. The maximum absolute atomic E-state index is 13.0. The van der Waals surface area contributed by atoms with Crippen LogP contribution in [0.3, 0.4) is 0 Å². The molecular formula is C31H41N11O3. The molecule has 1 N–H and O–H groups in total. The lowest BCUT2D eigenvalue weighted by atomic mass is 10.1. The first-order valence-electron chi connectivity index (χ1n) is 15.5. The molecule has 0 radical (unpaired) electrons. The van der Waals surface area contributed by atoms with E-state index in [1.165, 1.54) is 0 Å². The maximum Gasteiger partial charge on any atom is 0.410 e. The number of nitrogens with one attached hydrogen (secondary N) is 1. The van der Waals surface area contributed by atoms with Gasteiger partial charge >= 0.3 is 6.09 Å². The van der Waals surface area contributed by atoms with Crippen molar-refractivity contribution in [3.05, 3.63) is 42.9 Å². The van der Waals surface area contributed by atoms with E-state index in [1.807, 2.05) is 69.4 Å². The molecule has 1 atom stereocenters. The molecule has 0 saturated carbocycles. The Labute approximate surface area is 262 Å². The molecule has 3 aromatic heterocycles. The van der Waals surface area contributed by atoms with Crippen LogP contribution in [-0.4, -0.2) is 119 Å². The molecule has 238 valence electrons. The van der Waals surface area contributed by atoms with Gasteiger partial charge in [-0.15, -0.1) is 5.10 Å². The van der Waals surface area contributed by atoms with E-state index in [4.69, 9.17) is 9.72 Å². The summed E-state index contributed by atoms with van der Waals surface area (Å²) in [4.78, 5) is 40.4. The normalized spacial score (nSPS) is 17.6. The van der Waals surface area contributed by atoms with Gasteiger partial charge in [0.15, 0.2) is 11.2 Å². The topological polar surface area (TPSA) is 139 Å². The number of rotatable bonds is 8. The average molecular weight is 616 g/mol. The van der Waals surface area contributed by atoms with Crippen molar-refractivity contribution in [3.8, 4) is 16.8 Å². The minimum absolute atomic E-state index is 0.0652. The molecule has 0 unspecified atom stereocenters. The summed E-state index contributed by atoms with van der Waals surface area (Å²) in [5, 5.41) is 16.2. The second-order valence-corrected chi connectivity index (χ2v) is 12.7. The zero-order valence-electron chi connectivity index (χ0n) is 26.4. The fraction of sp³-hybridized carbons (Fsp3) is 0.516. The van der Waals surface area contributed by atoms with E-state index in [0.29, 0.717) is 49.7 Å². The van der Waals surface area contributed by atoms with Gasteiger partial charge in [0.2, 0.25) is 11.9 Å². The number of nitrogens with zero attached hydrogens (tertiary/aromatic N) is 10. The van der Waals surface area contributed by atoms with Gasteiger partial charge in [-0.3, -0.25) is 14.4 Å². The average Bonchev–Trinajstić information content (AvgIpc) is 3.77. The number of benzene rings is 1. The van der Waals surface area contributed by atoms with Gasteiger partial charge in [0, 0.05) is 70.5 Å². The van der Waals surface area contributed by atoms with Crippen molar-refractivity contribution in [3.63, 3.8) is 0 Å². The quantitative estimate of drug-likeness (QED) is 0.315. The highest BCUT2D eigenvalue weighted by Crippen LogP contribution is 2.23. The van der Waals surface area contributed by atoms with E-state index in [-0.39, 0.29) is 18.0 Å².